The molecule has 2 N–H and O–H groups in total. The van der Waals surface area contributed by atoms with Gasteiger partial charge in [-0.1, -0.05) is 24.3 Å². The van der Waals surface area contributed by atoms with Crippen LogP contribution < -0.4 is 10.6 Å². The lowest BCUT2D eigenvalue weighted by Gasteiger charge is -2.00. The lowest BCUT2D eigenvalue weighted by atomic mass is 10.1. The van der Waals surface area contributed by atoms with E-state index >= 15 is 0 Å². The Morgan fingerprint density at radius 1 is 1.12 bits per heavy atom. The third-order valence-electron chi connectivity index (χ3n) is 3.58. The van der Waals surface area contributed by atoms with E-state index in [2.05, 4.69) is 15.6 Å². The van der Waals surface area contributed by atoms with Gasteiger partial charge in [0.2, 0.25) is 5.91 Å². The molecule has 0 spiro atoms. The number of para-hydroxylation sites is 1. The number of hydrogen-bond donors (Lipinski definition) is 2. The molecule has 2 aromatic carbocycles. The Morgan fingerprint density at radius 2 is 1.88 bits per heavy atom. The van der Waals surface area contributed by atoms with Crippen LogP contribution >= 0.6 is 11.3 Å². The molecule has 0 unspecified atom stereocenters. The monoisotopic (exact) mass is 351 g/mol. The molecule has 0 aliphatic rings. The summed E-state index contributed by atoms with van der Waals surface area (Å²) in [6.45, 7) is 0.401. The van der Waals surface area contributed by atoms with Crippen LogP contribution in [0.4, 0.5) is 0 Å². The topological polar surface area (TPSA) is 71.1 Å². The van der Waals surface area contributed by atoms with E-state index < -0.39 is 0 Å². The highest BCUT2D eigenvalue weighted by Gasteiger charge is 2.04. The van der Waals surface area contributed by atoms with Gasteiger partial charge in [-0.3, -0.25) is 9.59 Å². The van der Waals surface area contributed by atoms with Gasteiger partial charge in [0.1, 0.15) is 5.01 Å². The number of fused-ring (bicyclic) bond motifs is 1. The quantitative estimate of drug-likeness (QED) is 0.694. The number of rotatable bonds is 5. The van der Waals surface area contributed by atoms with Crippen LogP contribution in [0, 0.1) is 0 Å². The van der Waals surface area contributed by atoms with E-state index in [-0.39, 0.29) is 11.8 Å². The number of benzene rings is 2. The molecule has 0 aliphatic carbocycles. The molecule has 0 aliphatic heterocycles. The van der Waals surface area contributed by atoms with Crippen LogP contribution in [-0.2, 0) is 11.3 Å². The second-order valence-corrected chi connectivity index (χ2v) is 6.44. The molecule has 0 saturated carbocycles. The summed E-state index contributed by atoms with van der Waals surface area (Å²) in [6, 6.07) is 14.9. The van der Waals surface area contributed by atoms with Crippen LogP contribution in [0.25, 0.3) is 16.3 Å². The summed E-state index contributed by atoms with van der Waals surface area (Å²) in [5.41, 5.74) is 2.38. The Morgan fingerprint density at radius 3 is 2.60 bits per heavy atom. The second kappa shape index (κ2) is 7.72. The van der Waals surface area contributed by atoms with Crippen molar-refractivity contribution in [2.45, 2.75) is 6.54 Å². The Labute approximate surface area is 149 Å². The van der Waals surface area contributed by atoms with Gasteiger partial charge >= 0.3 is 0 Å². The molecule has 0 bridgehead atoms. The third-order valence-corrected chi connectivity index (χ3v) is 4.62. The number of aromatic nitrogens is 1. The summed E-state index contributed by atoms with van der Waals surface area (Å²) in [5.74, 6) is -0.321. The Balaban J connectivity index is 1.56. The molecule has 2 amide bonds. The zero-order valence-electron chi connectivity index (χ0n) is 13.7. The van der Waals surface area contributed by atoms with E-state index in [0.29, 0.717) is 12.1 Å². The molecule has 5 nitrogen and oxygen atoms in total. The average molecular weight is 351 g/mol. The van der Waals surface area contributed by atoms with Gasteiger partial charge in [0.15, 0.2) is 0 Å². The zero-order chi connectivity index (χ0) is 17.6. The zero-order valence-corrected chi connectivity index (χ0v) is 14.5. The van der Waals surface area contributed by atoms with Gasteiger partial charge in [0.05, 0.1) is 16.8 Å². The first-order valence-electron chi connectivity index (χ1n) is 7.78. The van der Waals surface area contributed by atoms with Crippen molar-refractivity contribution in [2.75, 3.05) is 7.05 Å². The predicted octanol–water partition coefficient (Wildman–Crippen LogP) is 2.99. The molecule has 3 rings (SSSR count). The van der Waals surface area contributed by atoms with E-state index in [4.69, 9.17) is 0 Å². The molecule has 6 heteroatoms. The maximum absolute atomic E-state index is 11.9. The van der Waals surface area contributed by atoms with Crippen molar-refractivity contribution in [3.63, 3.8) is 0 Å². The lowest BCUT2D eigenvalue weighted by Crippen LogP contribution is -2.20. The summed E-state index contributed by atoms with van der Waals surface area (Å²) in [7, 11) is 1.59. The lowest BCUT2D eigenvalue weighted by molar-refractivity contribution is -0.116. The molecule has 1 heterocycles. The minimum absolute atomic E-state index is 0.135. The maximum atomic E-state index is 11.9. The average Bonchev–Trinajstić information content (AvgIpc) is 3.07. The largest absolute Gasteiger partial charge is 0.355 e. The van der Waals surface area contributed by atoms with E-state index in [1.54, 1.807) is 48.7 Å². The number of nitrogens with one attached hydrogen (secondary N) is 2. The highest BCUT2D eigenvalue weighted by molar-refractivity contribution is 7.18. The van der Waals surface area contributed by atoms with Crippen LogP contribution in [0.3, 0.4) is 0 Å². The molecule has 0 atom stereocenters. The minimum atomic E-state index is -0.186. The minimum Gasteiger partial charge on any atom is -0.355 e. The Kier molecular flexibility index (Phi) is 5.20. The summed E-state index contributed by atoms with van der Waals surface area (Å²) >= 11 is 1.57. The number of carbonyl (C=O) groups is 2. The summed E-state index contributed by atoms with van der Waals surface area (Å²) < 4.78 is 1.11. The molecule has 25 heavy (non-hydrogen) atoms. The van der Waals surface area contributed by atoms with Crippen molar-refractivity contribution in [2.24, 2.45) is 0 Å². The smallest absolute Gasteiger partial charge is 0.251 e. The van der Waals surface area contributed by atoms with Crippen molar-refractivity contribution in [1.29, 1.82) is 0 Å². The number of amides is 2. The van der Waals surface area contributed by atoms with Crippen molar-refractivity contribution in [3.05, 3.63) is 70.7 Å². The van der Waals surface area contributed by atoms with Crippen molar-refractivity contribution in [1.82, 2.24) is 15.6 Å². The van der Waals surface area contributed by atoms with E-state index in [0.717, 1.165) is 20.8 Å². The Bertz CT molecular complexity index is 896. The fraction of sp³-hybridized carbons (Fsp3) is 0.105. The second-order valence-electron chi connectivity index (χ2n) is 5.33. The van der Waals surface area contributed by atoms with Gasteiger partial charge in [-0.2, -0.15) is 0 Å². The summed E-state index contributed by atoms with van der Waals surface area (Å²) in [4.78, 5) is 27.9. The number of carbonyl (C=O) groups excluding carboxylic acids is 2. The molecule has 126 valence electrons. The first kappa shape index (κ1) is 16.9. The SMILES string of the molecule is CNC(=O)c1ccc(/C=C/C(=O)NCc2nc3ccccc3s2)cc1. The number of thiazole rings is 1. The van der Waals surface area contributed by atoms with Gasteiger partial charge in [-0.05, 0) is 35.9 Å². The third kappa shape index (κ3) is 4.30. The molecule has 1 aromatic heterocycles. The van der Waals surface area contributed by atoms with Crippen LogP contribution in [0.5, 0.6) is 0 Å². The van der Waals surface area contributed by atoms with Gasteiger partial charge < -0.3 is 10.6 Å². The van der Waals surface area contributed by atoms with Gasteiger partial charge in [0, 0.05) is 18.7 Å². The van der Waals surface area contributed by atoms with Crippen molar-refractivity contribution in [3.8, 4) is 0 Å². The van der Waals surface area contributed by atoms with Crippen LogP contribution in [-0.4, -0.2) is 23.8 Å². The number of nitrogens with zero attached hydrogens (tertiary/aromatic N) is 1. The fourth-order valence-electron chi connectivity index (χ4n) is 2.28. The molecule has 0 radical (unpaired) electrons. The molecular weight excluding hydrogens is 334 g/mol. The van der Waals surface area contributed by atoms with Crippen molar-refractivity contribution < 1.29 is 9.59 Å². The molecular formula is C19H17N3O2S. The highest BCUT2D eigenvalue weighted by atomic mass is 32.1. The van der Waals surface area contributed by atoms with Gasteiger partial charge in [-0.25, -0.2) is 4.98 Å². The molecule has 3 aromatic rings. The first-order valence-corrected chi connectivity index (χ1v) is 8.60. The predicted molar refractivity (Wildman–Crippen MR) is 100 cm³/mol. The molecule has 0 saturated heterocycles. The van der Waals surface area contributed by atoms with E-state index in [1.807, 2.05) is 24.3 Å². The Hall–Kier alpha value is -2.99. The molecule has 0 fully saturated rings. The normalized spacial score (nSPS) is 10.9. The number of hydrogen-bond acceptors (Lipinski definition) is 4. The van der Waals surface area contributed by atoms with E-state index in [1.165, 1.54) is 6.08 Å². The maximum Gasteiger partial charge on any atom is 0.251 e. The van der Waals surface area contributed by atoms with E-state index in [9.17, 15) is 9.59 Å². The van der Waals surface area contributed by atoms with Crippen LogP contribution in [0.15, 0.2) is 54.6 Å². The standard InChI is InChI=1S/C19H17N3O2S/c1-20-19(24)14-9-6-13(7-10-14)8-11-17(23)21-12-18-22-15-4-2-3-5-16(15)25-18/h2-11H,12H2,1H3,(H,20,24)(H,21,23)/b11-8+. The summed E-state index contributed by atoms with van der Waals surface area (Å²) in [5, 5.41) is 6.27. The summed E-state index contributed by atoms with van der Waals surface area (Å²) in [6.07, 6.45) is 3.18. The highest BCUT2D eigenvalue weighted by Crippen LogP contribution is 2.21. The first-order chi connectivity index (χ1) is 12.2. The van der Waals surface area contributed by atoms with Crippen molar-refractivity contribution >= 4 is 39.4 Å². The van der Waals surface area contributed by atoms with Crippen LogP contribution in [0.1, 0.15) is 20.9 Å². The fourth-order valence-corrected chi connectivity index (χ4v) is 3.19. The van der Waals surface area contributed by atoms with Crippen LogP contribution in [0.2, 0.25) is 0 Å². The van der Waals surface area contributed by atoms with Gasteiger partial charge in [0.25, 0.3) is 5.91 Å². The van der Waals surface area contributed by atoms with Gasteiger partial charge in [-0.15, -0.1) is 11.3 Å².